The minimum atomic E-state index is -3.52. The van der Waals surface area contributed by atoms with Crippen molar-refractivity contribution < 1.29 is 13.5 Å². The normalized spacial score (nSPS) is 11.2. The highest BCUT2D eigenvalue weighted by molar-refractivity contribution is 7.99. The number of hydrogen-bond acceptors (Lipinski definition) is 5. The van der Waals surface area contributed by atoms with Gasteiger partial charge in [0.15, 0.2) is 0 Å². The van der Waals surface area contributed by atoms with Crippen LogP contribution in [0.3, 0.4) is 0 Å². The highest BCUT2D eigenvalue weighted by Crippen LogP contribution is 2.14. The van der Waals surface area contributed by atoms with Gasteiger partial charge in [0.05, 0.1) is 16.5 Å². The Labute approximate surface area is 124 Å². The molecule has 0 aromatic heterocycles. The van der Waals surface area contributed by atoms with Crippen molar-refractivity contribution in [1.29, 1.82) is 5.26 Å². The molecule has 0 heterocycles. The van der Waals surface area contributed by atoms with Crippen molar-refractivity contribution >= 4 is 21.8 Å². The van der Waals surface area contributed by atoms with E-state index in [4.69, 9.17) is 10.4 Å². The van der Waals surface area contributed by atoms with E-state index in [1.165, 1.54) is 18.2 Å². The Morgan fingerprint density at radius 3 is 2.75 bits per heavy atom. The van der Waals surface area contributed by atoms with Crippen molar-refractivity contribution in [3.63, 3.8) is 0 Å². The summed E-state index contributed by atoms with van der Waals surface area (Å²) in [6.07, 6.45) is 0.715. The first-order valence-corrected chi connectivity index (χ1v) is 8.84. The quantitative estimate of drug-likeness (QED) is 0.705. The van der Waals surface area contributed by atoms with Crippen LogP contribution >= 0.6 is 11.8 Å². The van der Waals surface area contributed by atoms with Crippen molar-refractivity contribution in [2.24, 2.45) is 0 Å². The fourth-order valence-electron chi connectivity index (χ4n) is 1.53. The molecule has 0 amide bonds. The molecule has 2 N–H and O–H groups in total. The number of thioether (sulfide) groups is 1. The van der Waals surface area contributed by atoms with Gasteiger partial charge in [0.2, 0.25) is 10.0 Å². The van der Waals surface area contributed by atoms with Gasteiger partial charge in [-0.25, -0.2) is 13.1 Å². The molecule has 7 heteroatoms. The molecule has 0 bridgehead atoms. The van der Waals surface area contributed by atoms with Crippen LogP contribution in [0.5, 0.6) is 0 Å². The second-order valence-corrected chi connectivity index (χ2v) is 7.17. The van der Waals surface area contributed by atoms with Gasteiger partial charge in [-0.1, -0.05) is 0 Å². The van der Waals surface area contributed by atoms with Crippen LogP contribution in [0.25, 0.3) is 0 Å². The van der Waals surface area contributed by atoms with Crippen LogP contribution < -0.4 is 4.72 Å². The summed E-state index contributed by atoms with van der Waals surface area (Å²) in [6, 6.07) is 6.46. The van der Waals surface area contributed by atoms with E-state index >= 15 is 0 Å². The fourth-order valence-corrected chi connectivity index (χ4v) is 3.56. The summed E-state index contributed by atoms with van der Waals surface area (Å²) < 4.78 is 26.6. The van der Waals surface area contributed by atoms with Gasteiger partial charge in [0.1, 0.15) is 0 Å². The average Bonchev–Trinajstić information content (AvgIpc) is 2.42. The summed E-state index contributed by atoms with van der Waals surface area (Å²) in [5.74, 6) is 1.47. The second-order valence-electron chi connectivity index (χ2n) is 4.18. The van der Waals surface area contributed by atoms with E-state index in [0.717, 1.165) is 5.75 Å². The smallest absolute Gasteiger partial charge is 0.240 e. The van der Waals surface area contributed by atoms with Crippen LogP contribution in [0.1, 0.15) is 17.5 Å². The lowest BCUT2D eigenvalue weighted by Crippen LogP contribution is -2.26. The van der Waals surface area contributed by atoms with E-state index in [-0.39, 0.29) is 11.5 Å². The molecule has 1 aromatic rings. The van der Waals surface area contributed by atoms with Crippen LogP contribution in [0.15, 0.2) is 23.1 Å². The lowest BCUT2D eigenvalue weighted by Gasteiger charge is -2.08. The van der Waals surface area contributed by atoms with Crippen LogP contribution in [0.4, 0.5) is 0 Å². The summed E-state index contributed by atoms with van der Waals surface area (Å²) in [4.78, 5) is 0.175. The van der Waals surface area contributed by atoms with Crippen molar-refractivity contribution in [2.75, 3.05) is 24.7 Å². The topological polar surface area (TPSA) is 90.2 Å². The Kier molecular flexibility index (Phi) is 7.02. The van der Waals surface area contributed by atoms with Crippen LogP contribution in [0, 0.1) is 18.3 Å². The van der Waals surface area contributed by atoms with Gasteiger partial charge in [-0.3, -0.25) is 0 Å². The number of benzene rings is 1. The highest BCUT2D eigenvalue weighted by Gasteiger charge is 2.14. The van der Waals surface area contributed by atoms with Crippen molar-refractivity contribution in [2.45, 2.75) is 18.2 Å². The summed E-state index contributed by atoms with van der Waals surface area (Å²) in [7, 11) is -3.52. The molecule has 110 valence electrons. The van der Waals surface area contributed by atoms with E-state index in [1.807, 2.05) is 6.07 Å². The minimum absolute atomic E-state index is 0.156. The maximum atomic E-state index is 12.0. The van der Waals surface area contributed by atoms with Crippen LogP contribution in [-0.4, -0.2) is 38.2 Å². The molecular formula is C13H18N2O3S2. The monoisotopic (exact) mass is 314 g/mol. The molecule has 20 heavy (non-hydrogen) atoms. The zero-order valence-corrected chi connectivity index (χ0v) is 12.9. The first-order valence-electron chi connectivity index (χ1n) is 6.20. The summed E-state index contributed by atoms with van der Waals surface area (Å²) >= 11 is 1.59. The Bertz CT molecular complexity index is 580. The highest BCUT2D eigenvalue weighted by atomic mass is 32.2. The van der Waals surface area contributed by atoms with Gasteiger partial charge in [-0.2, -0.15) is 17.0 Å². The number of aliphatic hydroxyl groups excluding tert-OH is 1. The predicted molar refractivity (Wildman–Crippen MR) is 80.1 cm³/mol. The van der Waals surface area contributed by atoms with Crippen molar-refractivity contribution in [3.8, 4) is 6.07 Å². The molecular weight excluding hydrogens is 296 g/mol. The van der Waals surface area contributed by atoms with E-state index in [9.17, 15) is 8.42 Å². The second kappa shape index (κ2) is 8.27. The number of nitriles is 1. The number of nitrogens with zero attached hydrogens (tertiary/aromatic N) is 1. The lowest BCUT2D eigenvalue weighted by atomic mass is 10.1. The third-order valence-electron chi connectivity index (χ3n) is 2.61. The molecule has 0 unspecified atom stereocenters. The number of nitrogens with one attached hydrogen (secondary N) is 1. The van der Waals surface area contributed by atoms with E-state index in [1.54, 1.807) is 18.7 Å². The zero-order chi connectivity index (χ0) is 15.0. The van der Waals surface area contributed by atoms with Gasteiger partial charge >= 0.3 is 0 Å². The third-order valence-corrected chi connectivity index (χ3v) is 5.14. The van der Waals surface area contributed by atoms with E-state index in [0.29, 0.717) is 29.8 Å². The van der Waals surface area contributed by atoms with E-state index in [2.05, 4.69) is 4.72 Å². The molecule has 0 aliphatic rings. The maximum absolute atomic E-state index is 12.0. The number of sulfonamides is 1. The molecule has 0 radical (unpaired) electrons. The molecule has 0 saturated heterocycles. The standard InChI is InChI=1S/C13H18N2O3S2/c1-11-9-13(4-3-12(11)10-14)20(17,18)15-5-8-19-7-2-6-16/h3-4,9,15-16H,2,5-8H2,1H3. The Morgan fingerprint density at radius 1 is 1.40 bits per heavy atom. The zero-order valence-electron chi connectivity index (χ0n) is 11.3. The van der Waals surface area contributed by atoms with Gasteiger partial charge in [-0.15, -0.1) is 0 Å². The van der Waals surface area contributed by atoms with Crippen LogP contribution in [-0.2, 0) is 10.0 Å². The first kappa shape index (κ1) is 17.0. The number of rotatable bonds is 8. The van der Waals surface area contributed by atoms with Gasteiger partial charge in [0.25, 0.3) is 0 Å². The Balaban J connectivity index is 2.57. The van der Waals surface area contributed by atoms with Crippen molar-refractivity contribution in [3.05, 3.63) is 29.3 Å². The Morgan fingerprint density at radius 2 is 2.15 bits per heavy atom. The summed E-state index contributed by atoms with van der Waals surface area (Å²) in [6.45, 7) is 2.21. The van der Waals surface area contributed by atoms with Gasteiger partial charge in [0, 0.05) is 18.9 Å². The number of hydrogen-bond donors (Lipinski definition) is 2. The molecule has 0 atom stereocenters. The molecule has 0 fully saturated rings. The molecule has 5 nitrogen and oxygen atoms in total. The molecule has 0 spiro atoms. The van der Waals surface area contributed by atoms with Gasteiger partial charge in [-0.05, 0) is 42.9 Å². The molecule has 0 aliphatic heterocycles. The maximum Gasteiger partial charge on any atom is 0.240 e. The molecule has 1 aromatic carbocycles. The largest absolute Gasteiger partial charge is 0.396 e. The first-order chi connectivity index (χ1) is 9.51. The van der Waals surface area contributed by atoms with E-state index < -0.39 is 10.0 Å². The minimum Gasteiger partial charge on any atom is -0.396 e. The number of aliphatic hydroxyl groups is 1. The lowest BCUT2D eigenvalue weighted by molar-refractivity contribution is 0.296. The molecule has 0 saturated carbocycles. The molecule has 0 aliphatic carbocycles. The molecule has 1 rings (SSSR count). The van der Waals surface area contributed by atoms with Crippen molar-refractivity contribution in [1.82, 2.24) is 4.72 Å². The number of aryl methyl sites for hydroxylation is 1. The summed E-state index contributed by atoms with van der Waals surface area (Å²) in [5, 5.41) is 17.4. The average molecular weight is 314 g/mol. The fraction of sp³-hybridized carbons (Fsp3) is 0.462. The van der Waals surface area contributed by atoms with Crippen LogP contribution in [0.2, 0.25) is 0 Å². The summed E-state index contributed by atoms with van der Waals surface area (Å²) in [5.41, 5.74) is 1.12. The Hall–Kier alpha value is -1.07. The SMILES string of the molecule is Cc1cc(S(=O)(=O)NCCSCCCO)ccc1C#N. The predicted octanol–water partition coefficient (Wildman–Crippen LogP) is 1.26. The third kappa shape index (κ3) is 5.13. The van der Waals surface area contributed by atoms with Gasteiger partial charge < -0.3 is 5.11 Å².